The topological polar surface area (TPSA) is 70.5 Å². The Balaban J connectivity index is 1.74. The second-order valence-corrected chi connectivity index (χ2v) is 7.23. The van der Waals surface area contributed by atoms with Crippen molar-refractivity contribution in [1.29, 1.82) is 0 Å². The Kier molecular flexibility index (Phi) is 12.0. The van der Waals surface area contributed by atoms with Crippen LogP contribution in [0.25, 0.3) is 11.4 Å². The molecule has 2 rings (SSSR count). The predicted molar refractivity (Wildman–Crippen MR) is 122 cm³/mol. The molecule has 31 heavy (non-hydrogen) atoms. The Labute approximate surface area is 185 Å². The molecule has 0 aliphatic carbocycles. The van der Waals surface area contributed by atoms with Gasteiger partial charge in [-0.1, -0.05) is 38.8 Å². The Bertz CT molecular complexity index is 773. The maximum atomic E-state index is 11.9. The molecule has 6 heteroatoms. The highest BCUT2D eigenvalue weighted by molar-refractivity contribution is 5.74. The number of benzene rings is 1. The summed E-state index contributed by atoms with van der Waals surface area (Å²) in [5, 5.41) is 0. The molecule has 0 fully saturated rings. The SMILES string of the molecule is CCCC/C=C\CC(=O)Oc1ccc(-c2ncc(OCCCCOCCC)cn2)cc1. The lowest BCUT2D eigenvalue weighted by Crippen LogP contribution is -2.06. The van der Waals surface area contributed by atoms with Gasteiger partial charge in [0, 0.05) is 18.8 Å². The zero-order valence-electron chi connectivity index (χ0n) is 18.7. The highest BCUT2D eigenvalue weighted by atomic mass is 16.5. The molecule has 0 spiro atoms. The van der Waals surface area contributed by atoms with Gasteiger partial charge in [-0.2, -0.15) is 0 Å². The van der Waals surface area contributed by atoms with E-state index in [-0.39, 0.29) is 12.4 Å². The van der Waals surface area contributed by atoms with Crippen molar-refractivity contribution in [1.82, 2.24) is 9.97 Å². The Morgan fingerprint density at radius 1 is 0.871 bits per heavy atom. The van der Waals surface area contributed by atoms with Crippen LogP contribution in [0, 0.1) is 0 Å². The maximum Gasteiger partial charge on any atom is 0.315 e. The largest absolute Gasteiger partial charge is 0.490 e. The number of hydrogen-bond acceptors (Lipinski definition) is 6. The van der Waals surface area contributed by atoms with Crippen molar-refractivity contribution in [2.75, 3.05) is 19.8 Å². The molecular weight excluding hydrogens is 392 g/mol. The number of hydrogen-bond donors (Lipinski definition) is 0. The monoisotopic (exact) mass is 426 g/mol. The molecule has 168 valence electrons. The molecule has 0 amide bonds. The van der Waals surface area contributed by atoms with Crippen LogP contribution in [0.5, 0.6) is 11.5 Å². The molecule has 1 heterocycles. The van der Waals surface area contributed by atoms with Crippen LogP contribution in [-0.4, -0.2) is 35.8 Å². The van der Waals surface area contributed by atoms with E-state index in [1.807, 2.05) is 24.3 Å². The standard InChI is InChI=1S/C25H34N2O4/c1-3-5-6-7-8-11-24(28)31-22-14-12-21(13-15-22)25-26-19-23(20-27-25)30-18-10-9-17-29-16-4-2/h7-8,12-15,19-20H,3-6,9-11,16-18H2,1-2H3/b8-7-. The molecule has 1 aromatic heterocycles. The number of carbonyl (C=O) groups is 1. The molecule has 0 aliphatic heterocycles. The fourth-order valence-corrected chi connectivity index (χ4v) is 2.75. The summed E-state index contributed by atoms with van der Waals surface area (Å²) in [5.74, 6) is 1.49. The molecule has 0 saturated carbocycles. The minimum absolute atomic E-state index is 0.268. The smallest absolute Gasteiger partial charge is 0.315 e. The first-order chi connectivity index (χ1) is 15.2. The number of esters is 1. The van der Waals surface area contributed by atoms with Crippen LogP contribution in [-0.2, 0) is 9.53 Å². The summed E-state index contributed by atoms with van der Waals surface area (Å²) in [5.41, 5.74) is 0.846. The molecule has 0 N–H and O–H groups in total. The van der Waals surface area contributed by atoms with Crippen molar-refractivity contribution >= 4 is 5.97 Å². The summed E-state index contributed by atoms with van der Waals surface area (Å²) >= 11 is 0. The number of unbranched alkanes of at least 4 members (excludes halogenated alkanes) is 3. The Morgan fingerprint density at radius 2 is 1.61 bits per heavy atom. The second kappa shape index (κ2) is 15.1. The fraction of sp³-hybridized carbons (Fsp3) is 0.480. The van der Waals surface area contributed by atoms with Crippen molar-refractivity contribution in [2.45, 2.75) is 58.8 Å². The van der Waals surface area contributed by atoms with Crippen molar-refractivity contribution in [3.8, 4) is 22.9 Å². The van der Waals surface area contributed by atoms with Gasteiger partial charge in [0.2, 0.25) is 0 Å². The van der Waals surface area contributed by atoms with E-state index in [4.69, 9.17) is 14.2 Å². The van der Waals surface area contributed by atoms with Crippen LogP contribution in [0.1, 0.15) is 58.8 Å². The van der Waals surface area contributed by atoms with E-state index in [0.29, 0.717) is 23.9 Å². The van der Waals surface area contributed by atoms with E-state index in [2.05, 4.69) is 23.8 Å². The van der Waals surface area contributed by atoms with Crippen molar-refractivity contribution in [2.24, 2.45) is 0 Å². The van der Waals surface area contributed by atoms with Crippen LogP contribution in [0.3, 0.4) is 0 Å². The van der Waals surface area contributed by atoms with Crippen LogP contribution in [0.2, 0.25) is 0 Å². The van der Waals surface area contributed by atoms with Gasteiger partial charge in [0.25, 0.3) is 0 Å². The third-order valence-electron chi connectivity index (χ3n) is 4.45. The maximum absolute atomic E-state index is 11.9. The van der Waals surface area contributed by atoms with E-state index in [1.54, 1.807) is 24.5 Å². The second-order valence-electron chi connectivity index (χ2n) is 7.23. The molecule has 2 aromatic rings. The highest BCUT2D eigenvalue weighted by Crippen LogP contribution is 2.20. The average Bonchev–Trinajstić information content (AvgIpc) is 2.79. The first kappa shape index (κ1) is 24.5. The van der Waals surface area contributed by atoms with Gasteiger partial charge in [0.05, 0.1) is 25.4 Å². The van der Waals surface area contributed by atoms with Gasteiger partial charge >= 0.3 is 5.97 Å². The third-order valence-corrected chi connectivity index (χ3v) is 4.45. The number of carbonyl (C=O) groups excluding carboxylic acids is 1. The molecule has 0 radical (unpaired) electrons. The zero-order chi connectivity index (χ0) is 22.2. The quantitative estimate of drug-likeness (QED) is 0.156. The number of nitrogens with zero attached hydrogens (tertiary/aromatic N) is 2. The molecule has 0 aliphatic rings. The minimum Gasteiger partial charge on any atom is -0.490 e. The van der Waals surface area contributed by atoms with E-state index < -0.39 is 0 Å². The van der Waals surface area contributed by atoms with Crippen LogP contribution in [0.4, 0.5) is 0 Å². The fourth-order valence-electron chi connectivity index (χ4n) is 2.75. The Hall–Kier alpha value is -2.73. The molecular formula is C25H34N2O4. The van der Waals surface area contributed by atoms with Crippen molar-refractivity contribution < 1.29 is 19.0 Å². The van der Waals surface area contributed by atoms with Crippen LogP contribution in [0.15, 0.2) is 48.8 Å². The normalized spacial score (nSPS) is 11.0. The molecule has 0 bridgehead atoms. The third kappa shape index (κ3) is 10.2. The number of rotatable bonds is 15. The summed E-state index contributed by atoms with van der Waals surface area (Å²) in [6.45, 7) is 6.45. The van der Waals surface area contributed by atoms with Crippen molar-refractivity contribution in [3.05, 3.63) is 48.8 Å². The lowest BCUT2D eigenvalue weighted by atomic mass is 10.2. The average molecular weight is 427 g/mol. The molecule has 0 saturated heterocycles. The predicted octanol–water partition coefficient (Wildman–Crippen LogP) is 5.77. The minimum atomic E-state index is -0.268. The molecule has 6 nitrogen and oxygen atoms in total. The van der Waals surface area contributed by atoms with Crippen molar-refractivity contribution in [3.63, 3.8) is 0 Å². The van der Waals surface area contributed by atoms with E-state index in [9.17, 15) is 4.79 Å². The molecule has 0 atom stereocenters. The highest BCUT2D eigenvalue weighted by Gasteiger charge is 2.06. The number of aromatic nitrogens is 2. The van der Waals surface area contributed by atoms with Gasteiger partial charge in [-0.15, -0.1) is 0 Å². The first-order valence-corrected chi connectivity index (χ1v) is 11.2. The van der Waals surface area contributed by atoms with Crippen LogP contribution >= 0.6 is 0 Å². The number of ether oxygens (including phenoxy) is 3. The van der Waals surface area contributed by atoms with E-state index in [0.717, 1.165) is 57.3 Å². The summed E-state index contributed by atoms with van der Waals surface area (Å²) in [7, 11) is 0. The molecule has 1 aromatic carbocycles. The number of allylic oxidation sites excluding steroid dienone is 1. The van der Waals surface area contributed by atoms with Crippen LogP contribution < -0.4 is 9.47 Å². The molecule has 0 unspecified atom stereocenters. The van der Waals surface area contributed by atoms with Gasteiger partial charge in [0.15, 0.2) is 11.6 Å². The summed E-state index contributed by atoms with van der Waals surface area (Å²) in [6.07, 6.45) is 13.8. The van der Waals surface area contributed by atoms with E-state index in [1.165, 1.54) is 0 Å². The zero-order valence-corrected chi connectivity index (χ0v) is 18.7. The first-order valence-electron chi connectivity index (χ1n) is 11.2. The summed E-state index contributed by atoms with van der Waals surface area (Å²) in [6, 6.07) is 7.18. The summed E-state index contributed by atoms with van der Waals surface area (Å²) < 4.78 is 16.5. The lowest BCUT2D eigenvalue weighted by Gasteiger charge is -2.07. The summed E-state index contributed by atoms with van der Waals surface area (Å²) in [4.78, 5) is 20.6. The van der Waals surface area contributed by atoms with Gasteiger partial charge in [-0.05, 0) is 49.9 Å². The Morgan fingerprint density at radius 3 is 2.32 bits per heavy atom. The van der Waals surface area contributed by atoms with Gasteiger partial charge in [0.1, 0.15) is 5.75 Å². The lowest BCUT2D eigenvalue weighted by molar-refractivity contribution is -0.133. The van der Waals surface area contributed by atoms with Gasteiger partial charge in [-0.3, -0.25) is 4.79 Å². The van der Waals surface area contributed by atoms with Gasteiger partial charge in [-0.25, -0.2) is 9.97 Å². The van der Waals surface area contributed by atoms with Gasteiger partial charge < -0.3 is 14.2 Å². The van der Waals surface area contributed by atoms with E-state index >= 15 is 0 Å².